The van der Waals surface area contributed by atoms with Gasteiger partial charge in [0, 0.05) is 5.56 Å². The third-order valence-corrected chi connectivity index (χ3v) is 3.36. The Balaban J connectivity index is 2.02. The monoisotopic (exact) mass is 206 g/mol. The minimum absolute atomic E-state index is 0.182. The van der Waals surface area contributed by atoms with Crippen LogP contribution in [-0.2, 0) is 6.42 Å². The number of fused-ring (bicyclic) bond motifs is 1. The van der Waals surface area contributed by atoms with Gasteiger partial charge in [-0.3, -0.25) is 0 Å². The molecule has 15 heavy (non-hydrogen) atoms. The molecule has 3 nitrogen and oxygen atoms in total. The van der Waals surface area contributed by atoms with E-state index in [0.717, 1.165) is 5.56 Å². The average molecular weight is 206 g/mol. The molecule has 0 saturated heterocycles. The van der Waals surface area contributed by atoms with Gasteiger partial charge in [0.15, 0.2) is 0 Å². The van der Waals surface area contributed by atoms with Crippen LogP contribution in [-0.4, -0.2) is 16.2 Å². The van der Waals surface area contributed by atoms with Crippen molar-refractivity contribution in [2.45, 2.75) is 31.7 Å². The molecule has 1 fully saturated rings. The summed E-state index contributed by atoms with van der Waals surface area (Å²) in [5.74, 6) is -0.0887. The number of benzene rings is 1. The van der Waals surface area contributed by atoms with Gasteiger partial charge < -0.3 is 14.9 Å². The largest absolute Gasteiger partial charge is 0.439 e. The molecule has 2 atom stereocenters. The fourth-order valence-corrected chi connectivity index (χ4v) is 2.41. The van der Waals surface area contributed by atoms with E-state index in [1.54, 1.807) is 6.07 Å². The third kappa shape index (κ3) is 1.43. The summed E-state index contributed by atoms with van der Waals surface area (Å²) < 4.78 is 5.06. The van der Waals surface area contributed by atoms with Gasteiger partial charge in [0.05, 0.1) is 6.42 Å². The highest BCUT2D eigenvalue weighted by Crippen LogP contribution is 2.51. The van der Waals surface area contributed by atoms with E-state index in [-0.39, 0.29) is 6.42 Å². The molecule has 0 bridgehead atoms. The molecule has 0 aromatic heterocycles. The van der Waals surface area contributed by atoms with Crippen molar-refractivity contribution >= 4 is 0 Å². The van der Waals surface area contributed by atoms with Crippen molar-refractivity contribution < 1.29 is 14.9 Å². The fraction of sp³-hybridized carbons (Fsp3) is 0.500. The predicted octanol–water partition coefficient (Wildman–Crippen LogP) is 1.38. The second-order valence-electron chi connectivity index (χ2n) is 4.67. The molecular weight excluding hydrogens is 192 g/mol. The van der Waals surface area contributed by atoms with Gasteiger partial charge >= 0.3 is 5.97 Å². The van der Waals surface area contributed by atoms with Crippen LogP contribution < -0.4 is 4.74 Å². The van der Waals surface area contributed by atoms with Crippen LogP contribution in [0.4, 0.5) is 0 Å². The van der Waals surface area contributed by atoms with Gasteiger partial charge in [-0.15, -0.1) is 0 Å². The molecule has 0 amide bonds. The molecule has 1 aliphatic heterocycles. The Kier molecular flexibility index (Phi) is 1.68. The summed E-state index contributed by atoms with van der Waals surface area (Å²) in [6.07, 6.45) is 1.38. The molecule has 2 aliphatic rings. The van der Waals surface area contributed by atoms with Gasteiger partial charge in [-0.05, 0) is 29.9 Å². The highest BCUT2D eigenvalue weighted by molar-refractivity contribution is 5.47. The SMILES string of the molecule is CC1CC1c1cccc2c1CC(O)(O)O2. The van der Waals surface area contributed by atoms with Crippen molar-refractivity contribution in [3.63, 3.8) is 0 Å². The molecule has 2 unspecified atom stereocenters. The lowest BCUT2D eigenvalue weighted by Crippen LogP contribution is -2.32. The Hall–Kier alpha value is -1.06. The highest BCUT2D eigenvalue weighted by atomic mass is 16.8. The molecule has 1 aromatic carbocycles. The molecule has 0 spiro atoms. The van der Waals surface area contributed by atoms with Crippen LogP contribution in [0.15, 0.2) is 18.2 Å². The summed E-state index contributed by atoms with van der Waals surface area (Å²) in [6.45, 7) is 2.21. The van der Waals surface area contributed by atoms with E-state index in [1.165, 1.54) is 12.0 Å². The van der Waals surface area contributed by atoms with E-state index in [2.05, 4.69) is 13.0 Å². The standard InChI is InChI=1S/C12H14O3/c1-7-5-9(7)8-3-2-4-11-10(8)6-12(13,14)15-11/h2-4,7,9,13-14H,5-6H2,1H3. The van der Waals surface area contributed by atoms with Crippen molar-refractivity contribution in [3.05, 3.63) is 29.3 Å². The number of ether oxygens (including phenoxy) is 1. The van der Waals surface area contributed by atoms with Gasteiger partial charge in [-0.1, -0.05) is 19.1 Å². The zero-order chi connectivity index (χ0) is 10.6. The molecule has 0 radical (unpaired) electrons. The van der Waals surface area contributed by atoms with Crippen molar-refractivity contribution in [3.8, 4) is 5.75 Å². The first-order chi connectivity index (χ1) is 7.07. The van der Waals surface area contributed by atoms with E-state index in [0.29, 0.717) is 17.6 Å². The van der Waals surface area contributed by atoms with Crippen LogP contribution in [0.1, 0.15) is 30.4 Å². The molecule has 1 aromatic rings. The third-order valence-electron chi connectivity index (χ3n) is 3.36. The second-order valence-corrected chi connectivity index (χ2v) is 4.67. The summed E-state index contributed by atoms with van der Waals surface area (Å²) in [7, 11) is 0. The topological polar surface area (TPSA) is 49.7 Å². The van der Waals surface area contributed by atoms with E-state index in [9.17, 15) is 10.2 Å². The van der Waals surface area contributed by atoms with Gasteiger partial charge in [-0.2, -0.15) is 0 Å². The molecule has 1 heterocycles. The lowest BCUT2D eigenvalue weighted by Gasteiger charge is -2.12. The van der Waals surface area contributed by atoms with Crippen molar-refractivity contribution in [2.24, 2.45) is 5.92 Å². The summed E-state index contributed by atoms with van der Waals surface area (Å²) >= 11 is 0. The van der Waals surface area contributed by atoms with E-state index < -0.39 is 5.97 Å². The Labute approximate surface area is 88.3 Å². The minimum atomic E-state index is -2.00. The molecule has 3 rings (SSSR count). The Morgan fingerprint density at radius 2 is 2.13 bits per heavy atom. The van der Waals surface area contributed by atoms with Crippen LogP contribution in [0, 0.1) is 5.92 Å². The molecule has 1 saturated carbocycles. The zero-order valence-electron chi connectivity index (χ0n) is 8.60. The number of hydrogen-bond donors (Lipinski definition) is 2. The smallest absolute Gasteiger partial charge is 0.326 e. The average Bonchev–Trinajstić information content (AvgIpc) is 2.75. The summed E-state index contributed by atoms with van der Waals surface area (Å²) in [5, 5.41) is 18.9. The lowest BCUT2D eigenvalue weighted by molar-refractivity contribution is -0.279. The van der Waals surface area contributed by atoms with Crippen LogP contribution in [0.2, 0.25) is 0 Å². The fourth-order valence-electron chi connectivity index (χ4n) is 2.41. The number of hydrogen-bond acceptors (Lipinski definition) is 3. The first-order valence-electron chi connectivity index (χ1n) is 5.32. The Bertz CT molecular complexity index is 411. The van der Waals surface area contributed by atoms with E-state index in [4.69, 9.17) is 4.74 Å². The molecular formula is C12H14O3. The Morgan fingerprint density at radius 3 is 2.80 bits per heavy atom. The minimum Gasteiger partial charge on any atom is -0.439 e. The summed E-state index contributed by atoms with van der Waals surface area (Å²) in [6, 6.07) is 5.78. The molecule has 80 valence electrons. The van der Waals surface area contributed by atoms with Crippen molar-refractivity contribution in [2.75, 3.05) is 0 Å². The lowest BCUT2D eigenvalue weighted by atomic mass is 9.99. The van der Waals surface area contributed by atoms with Crippen molar-refractivity contribution in [1.82, 2.24) is 0 Å². The van der Waals surface area contributed by atoms with Crippen LogP contribution >= 0.6 is 0 Å². The van der Waals surface area contributed by atoms with Gasteiger partial charge in [0.1, 0.15) is 5.75 Å². The highest BCUT2D eigenvalue weighted by Gasteiger charge is 2.42. The summed E-state index contributed by atoms with van der Waals surface area (Å²) in [4.78, 5) is 0. The van der Waals surface area contributed by atoms with Crippen molar-refractivity contribution in [1.29, 1.82) is 0 Å². The van der Waals surface area contributed by atoms with Gasteiger partial charge in [0.25, 0.3) is 0 Å². The van der Waals surface area contributed by atoms with E-state index >= 15 is 0 Å². The maximum atomic E-state index is 9.44. The maximum absolute atomic E-state index is 9.44. The molecule has 1 aliphatic carbocycles. The molecule has 3 heteroatoms. The maximum Gasteiger partial charge on any atom is 0.326 e. The van der Waals surface area contributed by atoms with Gasteiger partial charge in [-0.25, -0.2) is 0 Å². The number of aliphatic hydroxyl groups is 2. The van der Waals surface area contributed by atoms with Crippen LogP contribution in [0.25, 0.3) is 0 Å². The predicted molar refractivity (Wildman–Crippen MR) is 54.5 cm³/mol. The normalized spacial score (nSPS) is 30.9. The van der Waals surface area contributed by atoms with Crippen LogP contribution in [0.5, 0.6) is 5.75 Å². The van der Waals surface area contributed by atoms with E-state index in [1.807, 2.05) is 6.07 Å². The summed E-state index contributed by atoms with van der Waals surface area (Å²) in [5.41, 5.74) is 2.20. The first-order valence-corrected chi connectivity index (χ1v) is 5.32. The Morgan fingerprint density at radius 1 is 1.40 bits per heavy atom. The number of rotatable bonds is 1. The van der Waals surface area contributed by atoms with Gasteiger partial charge in [0.2, 0.25) is 0 Å². The first kappa shape index (κ1) is 9.19. The zero-order valence-corrected chi connectivity index (χ0v) is 8.60. The quantitative estimate of drug-likeness (QED) is 0.682. The molecule has 2 N–H and O–H groups in total. The van der Waals surface area contributed by atoms with Crippen LogP contribution in [0.3, 0.4) is 0 Å². The second kappa shape index (κ2) is 2.74.